The molecular formula is C23H34N4O5. The summed E-state index contributed by atoms with van der Waals surface area (Å²) in [6.07, 6.45) is 4.82. The van der Waals surface area contributed by atoms with Crippen molar-refractivity contribution >= 4 is 11.8 Å². The molecule has 176 valence electrons. The minimum Gasteiger partial charge on any atom is -0.478 e. The zero-order valence-electron chi connectivity index (χ0n) is 19.6. The second kappa shape index (κ2) is 11.0. The fourth-order valence-electron chi connectivity index (χ4n) is 3.35. The van der Waals surface area contributed by atoms with E-state index < -0.39 is 22.8 Å². The standard InChI is InChI=1S/C23H34N4O5/c1-6-7-8-9-16(2)27(19-20(28)26(5)22(31)25-24-19)15-14-17-10-12-18(13-11-17)32-23(3,4)21(29)30/h10-13,16H,6-9,14-15H2,1-5H3,(H,25,31)(H,29,30). The second-order valence-electron chi connectivity index (χ2n) is 8.57. The molecule has 32 heavy (non-hydrogen) atoms. The number of aromatic nitrogens is 3. The van der Waals surface area contributed by atoms with Crippen molar-refractivity contribution in [2.75, 3.05) is 11.4 Å². The SMILES string of the molecule is CCCCCC(C)N(CCc1ccc(OC(C)(C)C(=O)O)cc1)c1n[nH]c(=O)n(C)c1=O. The van der Waals surface area contributed by atoms with Crippen LogP contribution in [0.15, 0.2) is 33.9 Å². The van der Waals surface area contributed by atoms with E-state index in [9.17, 15) is 19.5 Å². The maximum absolute atomic E-state index is 12.7. The summed E-state index contributed by atoms with van der Waals surface area (Å²) in [6, 6.07) is 7.32. The highest BCUT2D eigenvalue weighted by Gasteiger charge is 2.29. The molecule has 1 aromatic carbocycles. The molecule has 0 bridgehead atoms. The molecule has 0 amide bonds. The fraction of sp³-hybridized carbons (Fsp3) is 0.565. The maximum atomic E-state index is 12.7. The molecule has 0 aliphatic rings. The highest BCUT2D eigenvalue weighted by molar-refractivity contribution is 5.76. The zero-order valence-corrected chi connectivity index (χ0v) is 19.6. The van der Waals surface area contributed by atoms with Gasteiger partial charge in [-0.05, 0) is 51.3 Å². The average molecular weight is 447 g/mol. The van der Waals surface area contributed by atoms with Gasteiger partial charge in [0.1, 0.15) is 5.75 Å². The number of nitrogens with zero attached hydrogens (tertiary/aromatic N) is 3. The van der Waals surface area contributed by atoms with E-state index >= 15 is 0 Å². The van der Waals surface area contributed by atoms with Crippen LogP contribution in [0.25, 0.3) is 0 Å². The lowest BCUT2D eigenvalue weighted by Gasteiger charge is -2.30. The van der Waals surface area contributed by atoms with Gasteiger partial charge in [-0.3, -0.25) is 9.36 Å². The highest BCUT2D eigenvalue weighted by Crippen LogP contribution is 2.20. The lowest BCUT2D eigenvalue weighted by molar-refractivity contribution is -0.152. The van der Waals surface area contributed by atoms with Crippen molar-refractivity contribution in [3.63, 3.8) is 0 Å². The van der Waals surface area contributed by atoms with Crippen LogP contribution in [0.2, 0.25) is 0 Å². The summed E-state index contributed by atoms with van der Waals surface area (Å²) >= 11 is 0. The van der Waals surface area contributed by atoms with Crippen molar-refractivity contribution in [3.05, 3.63) is 50.7 Å². The third kappa shape index (κ3) is 6.45. The summed E-state index contributed by atoms with van der Waals surface area (Å²) in [5, 5.41) is 15.7. The Hall–Kier alpha value is -3.10. The first-order chi connectivity index (χ1) is 15.1. The molecule has 0 radical (unpaired) electrons. The van der Waals surface area contributed by atoms with Crippen LogP contribution < -0.4 is 20.9 Å². The van der Waals surface area contributed by atoms with E-state index in [1.165, 1.54) is 20.9 Å². The lowest BCUT2D eigenvalue weighted by atomic mass is 10.1. The molecule has 0 saturated heterocycles. The van der Waals surface area contributed by atoms with Gasteiger partial charge in [-0.15, -0.1) is 5.10 Å². The molecule has 1 aromatic heterocycles. The number of aromatic amines is 1. The van der Waals surface area contributed by atoms with Crippen LogP contribution in [0.5, 0.6) is 5.75 Å². The number of hydrogen-bond donors (Lipinski definition) is 2. The van der Waals surface area contributed by atoms with Crippen LogP contribution in [0.4, 0.5) is 5.82 Å². The Morgan fingerprint density at radius 3 is 2.50 bits per heavy atom. The number of carboxylic acid groups (broad SMARTS) is 1. The van der Waals surface area contributed by atoms with Crippen molar-refractivity contribution in [3.8, 4) is 5.75 Å². The molecule has 0 saturated carbocycles. The predicted molar refractivity (Wildman–Crippen MR) is 124 cm³/mol. The van der Waals surface area contributed by atoms with E-state index in [0.717, 1.165) is 35.8 Å². The number of nitrogens with one attached hydrogen (secondary N) is 1. The topological polar surface area (TPSA) is 118 Å². The normalized spacial score (nSPS) is 12.4. The average Bonchev–Trinajstić information content (AvgIpc) is 2.74. The molecule has 0 aliphatic heterocycles. The van der Waals surface area contributed by atoms with E-state index in [0.29, 0.717) is 18.7 Å². The number of hydrogen-bond acceptors (Lipinski definition) is 6. The first kappa shape index (κ1) is 25.2. The number of anilines is 1. The van der Waals surface area contributed by atoms with Gasteiger partial charge in [0.05, 0.1) is 0 Å². The third-order valence-electron chi connectivity index (χ3n) is 5.54. The minimum atomic E-state index is -1.32. The summed E-state index contributed by atoms with van der Waals surface area (Å²) < 4.78 is 6.58. The van der Waals surface area contributed by atoms with Crippen LogP contribution in [0, 0.1) is 0 Å². The Bertz CT molecular complexity index is 1010. The monoisotopic (exact) mass is 446 g/mol. The maximum Gasteiger partial charge on any atom is 0.347 e. The van der Waals surface area contributed by atoms with Gasteiger partial charge >= 0.3 is 11.7 Å². The number of benzene rings is 1. The van der Waals surface area contributed by atoms with Crippen molar-refractivity contribution in [2.24, 2.45) is 7.05 Å². The van der Waals surface area contributed by atoms with Gasteiger partial charge in [0.15, 0.2) is 5.60 Å². The van der Waals surface area contributed by atoms with E-state index in [4.69, 9.17) is 4.74 Å². The molecule has 1 unspecified atom stereocenters. The molecule has 2 rings (SSSR count). The summed E-state index contributed by atoms with van der Waals surface area (Å²) in [4.78, 5) is 37.6. The van der Waals surface area contributed by atoms with Gasteiger partial charge in [-0.1, -0.05) is 38.3 Å². The van der Waals surface area contributed by atoms with Gasteiger partial charge in [-0.2, -0.15) is 0 Å². The van der Waals surface area contributed by atoms with E-state index in [1.807, 2.05) is 17.0 Å². The smallest absolute Gasteiger partial charge is 0.347 e. The Balaban J connectivity index is 2.18. The van der Waals surface area contributed by atoms with Crippen LogP contribution in [-0.4, -0.2) is 44.0 Å². The molecule has 2 aromatic rings. The van der Waals surface area contributed by atoms with Gasteiger partial charge in [0.2, 0.25) is 5.82 Å². The quantitative estimate of drug-likeness (QED) is 0.481. The van der Waals surface area contributed by atoms with Gasteiger partial charge in [-0.25, -0.2) is 14.7 Å². The summed E-state index contributed by atoms with van der Waals surface area (Å²) in [5.74, 6) is -0.328. The lowest BCUT2D eigenvalue weighted by Crippen LogP contribution is -2.44. The van der Waals surface area contributed by atoms with E-state index in [2.05, 4.69) is 24.0 Å². The second-order valence-corrected chi connectivity index (χ2v) is 8.57. The van der Waals surface area contributed by atoms with Crippen molar-refractivity contribution in [1.82, 2.24) is 14.8 Å². The van der Waals surface area contributed by atoms with Crippen molar-refractivity contribution in [2.45, 2.75) is 71.4 Å². The Morgan fingerprint density at radius 2 is 1.91 bits per heavy atom. The van der Waals surface area contributed by atoms with Crippen LogP contribution >= 0.6 is 0 Å². The number of H-pyrrole nitrogens is 1. The van der Waals surface area contributed by atoms with E-state index in [1.54, 1.807) is 12.1 Å². The first-order valence-electron chi connectivity index (χ1n) is 11.0. The zero-order chi connectivity index (χ0) is 23.9. The molecule has 1 heterocycles. The van der Waals surface area contributed by atoms with Crippen molar-refractivity contribution in [1.29, 1.82) is 0 Å². The molecule has 0 spiro atoms. The summed E-state index contributed by atoms with van der Waals surface area (Å²) in [5.41, 5.74) is -1.27. The largest absolute Gasteiger partial charge is 0.478 e. The number of unbranched alkanes of at least 4 members (excludes halogenated alkanes) is 2. The molecule has 0 fully saturated rings. The number of carbonyl (C=O) groups is 1. The number of rotatable bonds is 12. The Labute approximate surface area is 188 Å². The molecular weight excluding hydrogens is 412 g/mol. The van der Waals surface area contributed by atoms with Gasteiger partial charge < -0.3 is 14.7 Å². The number of aliphatic carboxylic acids is 1. The van der Waals surface area contributed by atoms with Crippen LogP contribution in [0.1, 0.15) is 58.9 Å². The van der Waals surface area contributed by atoms with E-state index in [-0.39, 0.29) is 11.9 Å². The predicted octanol–water partition coefficient (Wildman–Crippen LogP) is 2.73. The highest BCUT2D eigenvalue weighted by atomic mass is 16.5. The van der Waals surface area contributed by atoms with Gasteiger partial charge in [0.25, 0.3) is 5.56 Å². The number of carboxylic acids is 1. The summed E-state index contributed by atoms with van der Waals surface area (Å²) in [7, 11) is 1.43. The minimum absolute atomic E-state index is 0.0756. The molecule has 2 N–H and O–H groups in total. The Morgan fingerprint density at radius 1 is 1.25 bits per heavy atom. The fourth-order valence-corrected chi connectivity index (χ4v) is 3.35. The molecule has 1 atom stereocenters. The first-order valence-corrected chi connectivity index (χ1v) is 11.0. The number of ether oxygens (including phenoxy) is 1. The third-order valence-corrected chi connectivity index (χ3v) is 5.54. The summed E-state index contributed by atoms with van der Waals surface area (Å²) in [6.45, 7) is 7.75. The van der Waals surface area contributed by atoms with Crippen LogP contribution in [-0.2, 0) is 18.3 Å². The molecule has 0 aliphatic carbocycles. The molecule has 9 heteroatoms. The van der Waals surface area contributed by atoms with Crippen LogP contribution in [0.3, 0.4) is 0 Å². The van der Waals surface area contributed by atoms with Gasteiger partial charge in [0, 0.05) is 19.6 Å². The molecule has 9 nitrogen and oxygen atoms in total. The Kier molecular flexibility index (Phi) is 8.63. The van der Waals surface area contributed by atoms with Crippen molar-refractivity contribution < 1.29 is 14.6 Å².